The zero-order valence-electron chi connectivity index (χ0n) is 15.7. The second kappa shape index (κ2) is 7.20. The molecule has 2 heterocycles. The minimum Gasteiger partial charge on any atom is -0.321 e. The van der Waals surface area contributed by atoms with E-state index in [0.29, 0.717) is 5.56 Å². The number of carbonyl (C=O) groups is 1. The van der Waals surface area contributed by atoms with Crippen LogP contribution in [0.2, 0.25) is 5.02 Å². The highest BCUT2D eigenvalue weighted by Crippen LogP contribution is 2.30. The zero-order chi connectivity index (χ0) is 20.7. The fourth-order valence-electron chi connectivity index (χ4n) is 3.01. The Hall–Kier alpha value is -3.00. The van der Waals surface area contributed by atoms with Gasteiger partial charge >= 0.3 is 5.69 Å². The first-order valence-electron chi connectivity index (χ1n) is 8.49. The van der Waals surface area contributed by atoms with Gasteiger partial charge in [0.2, 0.25) is 0 Å². The van der Waals surface area contributed by atoms with E-state index in [1.165, 1.54) is 37.0 Å². The van der Waals surface area contributed by atoms with Gasteiger partial charge in [-0.1, -0.05) is 31.5 Å². The lowest BCUT2D eigenvalue weighted by Crippen LogP contribution is -2.38. The minimum atomic E-state index is -0.798. The van der Waals surface area contributed by atoms with Crippen LogP contribution >= 0.6 is 11.6 Å². The van der Waals surface area contributed by atoms with Crippen LogP contribution in [0.1, 0.15) is 35.7 Å². The zero-order valence-corrected chi connectivity index (χ0v) is 16.5. The summed E-state index contributed by atoms with van der Waals surface area (Å²) >= 11 is 5.99. The monoisotopic (exact) mass is 404 g/mol. The van der Waals surface area contributed by atoms with Crippen LogP contribution in [0.15, 0.2) is 34.0 Å². The molecular weight excluding hydrogens is 387 g/mol. The van der Waals surface area contributed by atoms with Crippen molar-refractivity contribution in [3.05, 3.63) is 67.2 Å². The topological polar surface area (TPSA) is 86.0 Å². The second-order valence-corrected chi connectivity index (χ2v) is 7.11. The number of hydrogen-bond acceptors (Lipinski definition) is 4. The first-order valence-corrected chi connectivity index (χ1v) is 8.87. The van der Waals surface area contributed by atoms with E-state index in [2.05, 4.69) is 10.3 Å². The van der Waals surface area contributed by atoms with Crippen LogP contribution < -0.4 is 16.6 Å². The lowest BCUT2D eigenvalue weighted by atomic mass is 10.0. The third-order valence-corrected chi connectivity index (χ3v) is 4.86. The van der Waals surface area contributed by atoms with E-state index in [9.17, 15) is 18.8 Å². The predicted molar refractivity (Wildman–Crippen MR) is 106 cm³/mol. The quantitative estimate of drug-likeness (QED) is 0.727. The first kappa shape index (κ1) is 19.8. The maximum absolute atomic E-state index is 14.2. The van der Waals surface area contributed by atoms with Crippen molar-refractivity contribution in [2.24, 2.45) is 14.1 Å². The van der Waals surface area contributed by atoms with Crippen LogP contribution in [0, 0.1) is 5.82 Å². The van der Waals surface area contributed by atoms with Crippen LogP contribution in [0.25, 0.3) is 11.0 Å². The number of rotatable bonds is 3. The third-order valence-electron chi connectivity index (χ3n) is 4.55. The van der Waals surface area contributed by atoms with Crippen molar-refractivity contribution in [2.45, 2.75) is 19.8 Å². The number of amides is 1. The molecule has 1 aromatic carbocycles. The van der Waals surface area contributed by atoms with E-state index in [1.807, 2.05) is 13.8 Å². The standard InChI is InChI=1S/C19H18ClFN4O3/c1-9(2)10-8-22-16-14(18(27)25(4)19(28)24(16)3)15(10)23-17(26)13-11(20)6-5-7-12(13)21/h5-9H,1-4H3,(H,22,23,26). The molecule has 0 aliphatic heterocycles. The summed E-state index contributed by atoms with van der Waals surface area (Å²) in [5.41, 5.74) is -0.609. The Morgan fingerprint density at radius 3 is 2.50 bits per heavy atom. The largest absolute Gasteiger partial charge is 0.332 e. The highest BCUT2D eigenvalue weighted by atomic mass is 35.5. The summed E-state index contributed by atoms with van der Waals surface area (Å²) in [5, 5.41) is 2.63. The molecule has 0 bridgehead atoms. The predicted octanol–water partition coefficient (Wildman–Crippen LogP) is 2.80. The summed E-state index contributed by atoms with van der Waals surface area (Å²) in [6.07, 6.45) is 1.49. The smallest absolute Gasteiger partial charge is 0.321 e. The number of fused-ring (bicyclic) bond motifs is 1. The van der Waals surface area contributed by atoms with Crippen LogP contribution in [0.3, 0.4) is 0 Å². The molecule has 0 unspecified atom stereocenters. The van der Waals surface area contributed by atoms with Gasteiger partial charge in [0, 0.05) is 20.3 Å². The van der Waals surface area contributed by atoms with Crippen LogP contribution in [-0.4, -0.2) is 20.0 Å². The normalized spacial score (nSPS) is 11.2. The molecule has 1 N–H and O–H groups in total. The maximum Gasteiger partial charge on any atom is 0.332 e. The highest BCUT2D eigenvalue weighted by molar-refractivity contribution is 6.34. The summed E-state index contributed by atoms with van der Waals surface area (Å²) in [7, 11) is 2.82. The van der Waals surface area contributed by atoms with Gasteiger partial charge in [0.1, 0.15) is 11.2 Å². The Kier molecular flexibility index (Phi) is 5.08. The molecule has 0 radical (unpaired) electrons. The summed E-state index contributed by atoms with van der Waals surface area (Å²) in [4.78, 5) is 42.0. The number of aromatic nitrogens is 3. The molecule has 0 atom stereocenters. The van der Waals surface area contributed by atoms with Crippen molar-refractivity contribution in [3.8, 4) is 0 Å². The van der Waals surface area contributed by atoms with Crippen molar-refractivity contribution in [1.82, 2.24) is 14.1 Å². The number of nitrogens with one attached hydrogen (secondary N) is 1. The van der Waals surface area contributed by atoms with Crippen molar-refractivity contribution in [3.63, 3.8) is 0 Å². The van der Waals surface area contributed by atoms with Crippen LogP contribution in [0.5, 0.6) is 0 Å². The van der Waals surface area contributed by atoms with Gasteiger partial charge in [-0.2, -0.15) is 0 Å². The molecule has 0 spiro atoms. The van der Waals surface area contributed by atoms with E-state index in [-0.39, 0.29) is 33.2 Å². The molecule has 28 heavy (non-hydrogen) atoms. The first-order chi connectivity index (χ1) is 13.1. The Balaban J connectivity index is 2.33. The highest BCUT2D eigenvalue weighted by Gasteiger charge is 2.23. The SMILES string of the molecule is CC(C)c1cnc2c(c1NC(=O)c1c(F)cccc1Cl)c(=O)n(C)c(=O)n2C. The maximum atomic E-state index is 14.2. The van der Waals surface area contributed by atoms with Gasteiger partial charge in [-0.25, -0.2) is 14.2 Å². The van der Waals surface area contributed by atoms with Gasteiger partial charge in [0.25, 0.3) is 11.5 Å². The molecule has 0 aliphatic rings. The third kappa shape index (κ3) is 3.09. The fourth-order valence-corrected chi connectivity index (χ4v) is 3.25. The molecule has 146 valence electrons. The van der Waals surface area contributed by atoms with Gasteiger partial charge in [-0.3, -0.25) is 18.7 Å². The van der Waals surface area contributed by atoms with E-state index in [0.717, 1.165) is 10.6 Å². The molecule has 2 aromatic heterocycles. The second-order valence-electron chi connectivity index (χ2n) is 6.70. The number of hydrogen-bond donors (Lipinski definition) is 1. The number of nitrogens with zero attached hydrogens (tertiary/aromatic N) is 3. The van der Waals surface area contributed by atoms with Gasteiger partial charge < -0.3 is 5.32 Å². The summed E-state index contributed by atoms with van der Waals surface area (Å²) in [6.45, 7) is 3.72. The molecule has 0 fully saturated rings. The minimum absolute atomic E-state index is 0.0535. The number of halogens is 2. The lowest BCUT2D eigenvalue weighted by Gasteiger charge is -2.17. The molecule has 0 saturated heterocycles. The van der Waals surface area contributed by atoms with Crippen molar-refractivity contribution < 1.29 is 9.18 Å². The van der Waals surface area contributed by atoms with Crippen LogP contribution in [0.4, 0.5) is 10.1 Å². The molecule has 3 aromatic rings. The Morgan fingerprint density at radius 1 is 1.21 bits per heavy atom. The molecular formula is C19H18ClFN4O3. The molecule has 1 amide bonds. The van der Waals surface area contributed by atoms with Crippen LogP contribution in [-0.2, 0) is 14.1 Å². The Labute approximate surface area is 164 Å². The Morgan fingerprint density at radius 2 is 1.89 bits per heavy atom. The van der Waals surface area contributed by atoms with E-state index in [4.69, 9.17) is 11.6 Å². The van der Waals surface area contributed by atoms with E-state index < -0.39 is 23.0 Å². The fraction of sp³-hybridized carbons (Fsp3) is 0.263. The van der Waals surface area contributed by atoms with Gasteiger partial charge in [0.05, 0.1) is 16.3 Å². The number of anilines is 1. The average Bonchev–Trinajstić information content (AvgIpc) is 2.63. The number of aryl methyl sites for hydroxylation is 1. The van der Waals surface area contributed by atoms with Crippen molar-refractivity contribution in [2.75, 3.05) is 5.32 Å². The number of carbonyl (C=O) groups excluding carboxylic acids is 1. The van der Waals surface area contributed by atoms with Crippen molar-refractivity contribution in [1.29, 1.82) is 0 Å². The average molecular weight is 405 g/mol. The Bertz CT molecular complexity index is 1210. The summed E-state index contributed by atoms with van der Waals surface area (Å²) < 4.78 is 16.3. The molecule has 0 aliphatic carbocycles. The number of pyridine rings is 1. The molecule has 7 nitrogen and oxygen atoms in total. The van der Waals surface area contributed by atoms with Gasteiger partial charge in [-0.15, -0.1) is 0 Å². The molecule has 0 saturated carbocycles. The van der Waals surface area contributed by atoms with E-state index in [1.54, 1.807) is 0 Å². The lowest BCUT2D eigenvalue weighted by molar-refractivity contribution is 0.102. The molecule has 9 heteroatoms. The van der Waals surface area contributed by atoms with Gasteiger partial charge in [0.15, 0.2) is 5.65 Å². The number of benzene rings is 1. The van der Waals surface area contributed by atoms with Crippen molar-refractivity contribution >= 4 is 34.2 Å². The van der Waals surface area contributed by atoms with E-state index >= 15 is 0 Å². The molecule has 3 rings (SSSR count). The summed E-state index contributed by atoms with van der Waals surface area (Å²) in [6, 6.07) is 3.91. The summed E-state index contributed by atoms with van der Waals surface area (Å²) in [5.74, 6) is -1.69. The van der Waals surface area contributed by atoms with Gasteiger partial charge in [-0.05, 0) is 23.6 Å².